The van der Waals surface area contributed by atoms with Crippen molar-refractivity contribution in [3.05, 3.63) is 65.2 Å². The number of benzene rings is 2. The van der Waals surface area contributed by atoms with E-state index in [1.165, 1.54) is 44.7 Å². The lowest BCUT2D eigenvalue weighted by molar-refractivity contribution is -0.144. The molecule has 1 saturated heterocycles. The number of nitrogens with zero attached hydrogens (tertiary/aromatic N) is 2. The number of rotatable bonds is 13. The Morgan fingerprint density at radius 2 is 1.84 bits per heavy atom. The second kappa shape index (κ2) is 14.9. The van der Waals surface area contributed by atoms with Gasteiger partial charge in [-0.05, 0) is 31.0 Å². The second-order valence-electron chi connectivity index (χ2n) is 10.0. The lowest BCUT2D eigenvalue weighted by Crippen LogP contribution is -2.54. The SMILES string of the molecule is C[C@@H](COC(=O)Nc1cccc2c1C(=O)N(C1CCC(=O)NC1=O)C2=O)SSCCC(=O)N(CC(=O)O)Cc1ccccc1. The van der Waals surface area contributed by atoms with Gasteiger partial charge in [-0.2, -0.15) is 0 Å². The number of carboxylic acids is 1. The molecule has 1 fully saturated rings. The summed E-state index contributed by atoms with van der Waals surface area (Å²) in [4.78, 5) is 88.5. The van der Waals surface area contributed by atoms with Crippen LogP contribution in [0.1, 0.15) is 52.5 Å². The monoisotopic (exact) mass is 642 g/mol. The number of fused-ring (bicyclic) bond motifs is 1. The number of ether oxygens (including phenoxy) is 1. The summed E-state index contributed by atoms with van der Waals surface area (Å²) in [6, 6.07) is 12.3. The molecule has 0 aliphatic carbocycles. The molecular formula is C29H30N4O9S2. The highest BCUT2D eigenvalue weighted by molar-refractivity contribution is 8.76. The molecule has 2 heterocycles. The molecule has 0 aromatic heterocycles. The third kappa shape index (κ3) is 8.17. The summed E-state index contributed by atoms with van der Waals surface area (Å²) in [5.41, 5.74) is 0.843. The van der Waals surface area contributed by atoms with Gasteiger partial charge in [-0.1, -0.05) is 58.0 Å². The molecule has 6 amide bonds. The molecule has 3 N–H and O–H groups in total. The van der Waals surface area contributed by atoms with Crippen molar-refractivity contribution in [2.75, 3.05) is 24.2 Å². The van der Waals surface area contributed by atoms with Gasteiger partial charge < -0.3 is 14.7 Å². The van der Waals surface area contributed by atoms with Gasteiger partial charge in [0.25, 0.3) is 11.8 Å². The van der Waals surface area contributed by atoms with E-state index in [1.54, 1.807) is 0 Å². The van der Waals surface area contributed by atoms with Crippen LogP contribution in [0.2, 0.25) is 0 Å². The predicted octanol–water partition coefficient (Wildman–Crippen LogP) is 2.91. The van der Waals surface area contributed by atoms with Crippen molar-refractivity contribution in [2.24, 2.45) is 0 Å². The van der Waals surface area contributed by atoms with Gasteiger partial charge in [0.1, 0.15) is 19.2 Å². The summed E-state index contributed by atoms with van der Waals surface area (Å²) in [5.74, 6) is -3.62. The van der Waals surface area contributed by atoms with Crippen LogP contribution >= 0.6 is 21.6 Å². The molecule has 232 valence electrons. The Morgan fingerprint density at radius 1 is 1.09 bits per heavy atom. The fourth-order valence-electron chi connectivity index (χ4n) is 4.64. The minimum absolute atomic E-state index is 0.000886. The minimum Gasteiger partial charge on any atom is -0.480 e. The third-order valence-electron chi connectivity index (χ3n) is 6.68. The van der Waals surface area contributed by atoms with E-state index >= 15 is 0 Å². The van der Waals surface area contributed by atoms with Crippen molar-refractivity contribution in [2.45, 2.75) is 44.0 Å². The number of carbonyl (C=O) groups excluding carboxylic acids is 6. The Morgan fingerprint density at radius 3 is 2.55 bits per heavy atom. The van der Waals surface area contributed by atoms with Crippen LogP contribution in [0.4, 0.5) is 10.5 Å². The zero-order valence-corrected chi connectivity index (χ0v) is 25.3. The smallest absolute Gasteiger partial charge is 0.411 e. The van der Waals surface area contributed by atoms with Crippen molar-refractivity contribution >= 4 is 68.9 Å². The Bertz CT molecular complexity index is 1470. The topological polar surface area (TPSA) is 179 Å². The number of nitrogens with one attached hydrogen (secondary N) is 2. The number of anilines is 1. The normalized spacial score (nSPS) is 16.7. The first-order chi connectivity index (χ1) is 21.0. The molecule has 13 nitrogen and oxygen atoms in total. The van der Waals surface area contributed by atoms with Crippen LogP contribution in [0.15, 0.2) is 48.5 Å². The average Bonchev–Trinajstić information content (AvgIpc) is 3.24. The van der Waals surface area contributed by atoms with Crippen LogP contribution < -0.4 is 10.6 Å². The van der Waals surface area contributed by atoms with Gasteiger partial charge in [-0.25, -0.2) is 4.79 Å². The van der Waals surface area contributed by atoms with Crippen LogP contribution in [-0.4, -0.2) is 86.7 Å². The molecular weight excluding hydrogens is 612 g/mol. The number of imide groups is 2. The fraction of sp³-hybridized carbons (Fsp3) is 0.345. The highest BCUT2D eigenvalue weighted by Crippen LogP contribution is 2.33. The predicted molar refractivity (Wildman–Crippen MR) is 162 cm³/mol. The van der Waals surface area contributed by atoms with E-state index in [-0.39, 0.29) is 60.4 Å². The first-order valence-corrected chi connectivity index (χ1v) is 16.0. The summed E-state index contributed by atoms with van der Waals surface area (Å²) in [6.07, 6.45) is -0.718. The van der Waals surface area contributed by atoms with Crippen LogP contribution in [0.3, 0.4) is 0 Å². The summed E-state index contributed by atoms with van der Waals surface area (Å²) in [6.45, 7) is 1.62. The molecule has 44 heavy (non-hydrogen) atoms. The molecule has 2 aliphatic heterocycles. The number of carboxylic acid groups (broad SMARTS) is 1. The quantitative estimate of drug-likeness (QED) is 0.166. The van der Waals surface area contributed by atoms with Crippen LogP contribution in [-0.2, 0) is 30.5 Å². The molecule has 15 heteroatoms. The number of piperidine rings is 1. The Labute approximate surface area is 260 Å². The van der Waals surface area contributed by atoms with Gasteiger partial charge in [0.05, 0.1) is 16.8 Å². The zero-order chi connectivity index (χ0) is 31.8. The van der Waals surface area contributed by atoms with Crippen LogP contribution in [0.5, 0.6) is 0 Å². The molecule has 2 atom stereocenters. The highest BCUT2D eigenvalue weighted by atomic mass is 33.1. The maximum absolute atomic E-state index is 13.2. The van der Waals surface area contributed by atoms with E-state index in [2.05, 4.69) is 10.6 Å². The Balaban J connectivity index is 1.23. The van der Waals surface area contributed by atoms with E-state index in [4.69, 9.17) is 4.74 Å². The molecule has 2 aromatic carbocycles. The van der Waals surface area contributed by atoms with Crippen LogP contribution in [0, 0.1) is 0 Å². The molecule has 1 unspecified atom stereocenters. The van der Waals surface area contributed by atoms with Crippen molar-refractivity contribution in [1.82, 2.24) is 15.1 Å². The van der Waals surface area contributed by atoms with Gasteiger partial charge in [-0.15, -0.1) is 0 Å². The minimum atomic E-state index is -1.13. The molecule has 0 radical (unpaired) electrons. The van der Waals surface area contributed by atoms with Gasteiger partial charge >= 0.3 is 12.1 Å². The highest BCUT2D eigenvalue weighted by Gasteiger charge is 2.45. The van der Waals surface area contributed by atoms with E-state index in [0.717, 1.165) is 10.5 Å². The van der Waals surface area contributed by atoms with Gasteiger partial charge in [0, 0.05) is 30.4 Å². The molecule has 2 aromatic rings. The third-order valence-corrected chi connectivity index (χ3v) is 9.55. The molecule has 0 spiro atoms. The first kappa shape index (κ1) is 32.5. The molecule has 2 aliphatic rings. The average molecular weight is 643 g/mol. The molecule has 4 rings (SSSR count). The lowest BCUT2D eigenvalue weighted by atomic mass is 10.0. The largest absolute Gasteiger partial charge is 0.480 e. The van der Waals surface area contributed by atoms with E-state index in [0.29, 0.717) is 5.75 Å². The summed E-state index contributed by atoms with van der Waals surface area (Å²) in [5, 5.41) is 13.6. The van der Waals surface area contributed by atoms with Gasteiger partial charge in [0.15, 0.2) is 0 Å². The summed E-state index contributed by atoms with van der Waals surface area (Å²) in [7, 11) is 2.78. The summed E-state index contributed by atoms with van der Waals surface area (Å²) < 4.78 is 5.29. The first-order valence-electron chi connectivity index (χ1n) is 13.6. The van der Waals surface area contributed by atoms with Gasteiger partial charge in [0.2, 0.25) is 17.7 Å². The van der Waals surface area contributed by atoms with Crippen molar-refractivity contribution < 1.29 is 43.4 Å². The van der Waals surface area contributed by atoms with Gasteiger partial charge in [-0.3, -0.25) is 44.3 Å². The number of hydrogen-bond acceptors (Lipinski definition) is 10. The molecule has 0 bridgehead atoms. The fourth-order valence-corrected chi connectivity index (χ4v) is 6.75. The molecule has 0 saturated carbocycles. The zero-order valence-electron chi connectivity index (χ0n) is 23.6. The number of hydrogen-bond donors (Lipinski definition) is 3. The van der Waals surface area contributed by atoms with Crippen molar-refractivity contribution in [3.8, 4) is 0 Å². The number of amides is 6. The summed E-state index contributed by atoms with van der Waals surface area (Å²) >= 11 is 0. The Kier molecular flexibility index (Phi) is 11.0. The van der Waals surface area contributed by atoms with Crippen molar-refractivity contribution in [1.29, 1.82) is 0 Å². The number of carbonyl (C=O) groups is 7. The van der Waals surface area contributed by atoms with Crippen molar-refractivity contribution in [3.63, 3.8) is 0 Å². The second-order valence-corrected chi connectivity index (χ2v) is 12.9. The maximum atomic E-state index is 13.2. The van der Waals surface area contributed by atoms with E-state index < -0.39 is 48.3 Å². The van der Waals surface area contributed by atoms with Crippen LogP contribution in [0.25, 0.3) is 0 Å². The standard InChI is InChI=1S/C29H30N4O9S2/c1-17(44-43-13-12-23(35)32(15-24(36)37)14-18-6-3-2-4-7-18)16-42-29(41)30-20-9-5-8-19-25(20)28(40)33(27(19)39)21-10-11-22(34)31-26(21)38/h2-9,17,21H,10-16H2,1H3,(H,30,41)(H,36,37)(H,31,34,38)/t17-,21?/m0/s1. The lowest BCUT2D eigenvalue weighted by Gasteiger charge is -2.27. The Hall–Kier alpha value is -4.37. The maximum Gasteiger partial charge on any atom is 0.411 e. The van der Waals surface area contributed by atoms with E-state index in [9.17, 15) is 38.7 Å². The van der Waals surface area contributed by atoms with E-state index in [1.807, 2.05) is 37.3 Å². The number of aliphatic carboxylic acids is 1.